The minimum absolute atomic E-state index is 1.14. The summed E-state index contributed by atoms with van der Waals surface area (Å²) in [6.45, 7) is 2.31. The van der Waals surface area contributed by atoms with Gasteiger partial charge in [-0.1, -0.05) is 57.1 Å². The maximum absolute atomic E-state index is 2.69. The Morgan fingerprint density at radius 2 is 1.60 bits per heavy atom. The minimum Gasteiger partial charge on any atom is -0.0850 e. The van der Waals surface area contributed by atoms with E-state index in [1.807, 2.05) is 5.57 Å². The van der Waals surface area contributed by atoms with E-state index in [2.05, 4.69) is 13.0 Å². The third kappa shape index (κ3) is 2.18. The SMILES string of the molecule is CCCCCCCCCC1=CCC2C3C4C(C1)[C@H]2C[C@H]34. The molecule has 20 heavy (non-hydrogen) atoms. The monoisotopic (exact) mass is 272 g/mol. The first kappa shape index (κ1) is 13.4. The fourth-order valence-electron chi connectivity index (χ4n) is 6.32. The van der Waals surface area contributed by atoms with Crippen molar-refractivity contribution in [2.24, 2.45) is 35.5 Å². The molecule has 0 aromatic heterocycles. The molecule has 6 atom stereocenters. The molecule has 0 spiro atoms. The zero-order valence-electron chi connectivity index (χ0n) is 13.3. The smallest absolute Gasteiger partial charge is 0.0286 e. The van der Waals surface area contributed by atoms with Gasteiger partial charge in [0.2, 0.25) is 0 Å². The van der Waals surface area contributed by atoms with Crippen molar-refractivity contribution in [3.05, 3.63) is 11.6 Å². The van der Waals surface area contributed by atoms with Crippen LogP contribution in [0.25, 0.3) is 0 Å². The van der Waals surface area contributed by atoms with Gasteiger partial charge in [0.25, 0.3) is 0 Å². The lowest BCUT2D eigenvalue weighted by molar-refractivity contribution is 0.344. The van der Waals surface area contributed by atoms with Crippen LogP contribution >= 0.6 is 0 Å². The summed E-state index contributed by atoms with van der Waals surface area (Å²) < 4.78 is 0. The molecular formula is C20H32. The van der Waals surface area contributed by atoms with Gasteiger partial charge in [0.05, 0.1) is 0 Å². The summed E-state index contributed by atoms with van der Waals surface area (Å²) in [5.41, 5.74) is 1.86. The predicted molar refractivity (Wildman–Crippen MR) is 85.5 cm³/mol. The number of unbranched alkanes of at least 4 members (excludes halogenated alkanes) is 6. The molecule has 6 bridgehead atoms. The Kier molecular flexibility index (Phi) is 3.69. The summed E-state index contributed by atoms with van der Waals surface area (Å²) >= 11 is 0. The van der Waals surface area contributed by atoms with Crippen LogP contribution in [0.3, 0.4) is 0 Å². The molecule has 0 aromatic carbocycles. The summed E-state index contributed by atoms with van der Waals surface area (Å²) in [6, 6.07) is 0. The molecule has 0 N–H and O–H groups in total. The molecule has 5 aliphatic carbocycles. The standard InChI is InChI=1S/C20H32/c1-2-3-4-5-6-7-8-9-14-10-11-15-16-13-18-19(15)20(18)17(16)12-14/h10,15-20H,2-9,11-13H2,1H3/t15?,16-,17?,18+,19?,20?/m0/s1. The van der Waals surface area contributed by atoms with E-state index in [4.69, 9.17) is 0 Å². The number of hydrogen-bond donors (Lipinski definition) is 0. The van der Waals surface area contributed by atoms with E-state index in [0.717, 1.165) is 17.8 Å². The zero-order chi connectivity index (χ0) is 13.5. The van der Waals surface area contributed by atoms with E-state index in [1.165, 1.54) is 82.0 Å². The summed E-state index contributed by atoms with van der Waals surface area (Å²) in [7, 11) is 0. The van der Waals surface area contributed by atoms with Crippen LogP contribution in [0.15, 0.2) is 11.6 Å². The third-order valence-electron chi connectivity index (χ3n) is 7.20. The van der Waals surface area contributed by atoms with E-state index < -0.39 is 0 Å². The van der Waals surface area contributed by atoms with Crippen molar-refractivity contribution in [1.82, 2.24) is 0 Å². The highest BCUT2D eigenvalue weighted by Crippen LogP contribution is 2.78. The Morgan fingerprint density at radius 3 is 2.40 bits per heavy atom. The van der Waals surface area contributed by atoms with Crippen LogP contribution in [0.1, 0.15) is 77.6 Å². The highest BCUT2D eigenvalue weighted by molar-refractivity contribution is 5.25. The van der Waals surface area contributed by atoms with Gasteiger partial charge in [-0.15, -0.1) is 0 Å². The second-order valence-corrected chi connectivity index (χ2v) is 8.22. The Morgan fingerprint density at radius 1 is 0.850 bits per heavy atom. The average molecular weight is 272 g/mol. The molecule has 4 fully saturated rings. The molecule has 0 heteroatoms. The fraction of sp³-hybridized carbons (Fsp3) is 0.900. The van der Waals surface area contributed by atoms with Crippen LogP contribution in [0, 0.1) is 35.5 Å². The lowest BCUT2D eigenvalue weighted by atomic mass is 9.88. The largest absolute Gasteiger partial charge is 0.0850 e. The molecule has 0 radical (unpaired) electrons. The molecule has 4 unspecified atom stereocenters. The maximum atomic E-state index is 2.69. The van der Waals surface area contributed by atoms with Gasteiger partial charge in [0.15, 0.2) is 0 Å². The van der Waals surface area contributed by atoms with Gasteiger partial charge in [0.1, 0.15) is 0 Å². The molecule has 0 saturated heterocycles. The Labute approximate surface area is 125 Å². The third-order valence-corrected chi connectivity index (χ3v) is 7.20. The molecule has 0 aliphatic heterocycles. The summed E-state index contributed by atoms with van der Waals surface area (Å²) in [4.78, 5) is 0. The lowest BCUT2D eigenvalue weighted by Gasteiger charge is -2.17. The molecule has 5 rings (SSSR count). The molecule has 0 heterocycles. The van der Waals surface area contributed by atoms with E-state index >= 15 is 0 Å². The van der Waals surface area contributed by atoms with Gasteiger partial charge >= 0.3 is 0 Å². The van der Waals surface area contributed by atoms with Gasteiger partial charge in [-0.05, 0) is 67.6 Å². The summed E-state index contributed by atoms with van der Waals surface area (Å²) in [6.07, 6.45) is 18.9. The topological polar surface area (TPSA) is 0 Å². The summed E-state index contributed by atoms with van der Waals surface area (Å²) in [5, 5.41) is 0. The highest BCUT2D eigenvalue weighted by Gasteiger charge is 2.72. The molecule has 0 nitrogen and oxygen atoms in total. The van der Waals surface area contributed by atoms with Crippen molar-refractivity contribution in [2.45, 2.75) is 77.6 Å². The van der Waals surface area contributed by atoms with Crippen molar-refractivity contribution in [3.8, 4) is 0 Å². The van der Waals surface area contributed by atoms with Crippen LogP contribution in [0.5, 0.6) is 0 Å². The zero-order valence-corrected chi connectivity index (χ0v) is 13.3. The number of allylic oxidation sites excluding steroid dienone is 2. The first-order valence-electron chi connectivity index (χ1n) is 9.58. The van der Waals surface area contributed by atoms with E-state index in [1.54, 1.807) is 6.42 Å². The van der Waals surface area contributed by atoms with Gasteiger partial charge in [-0.25, -0.2) is 0 Å². The number of hydrogen-bond acceptors (Lipinski definition) is 0. The second-order valence-electron chi connectivity index (χ2n) is 8.22. The van der Waals surface area contributed by atoms with E-state index in [9.17, 15) is 0 Å². The van der Waals surface area contributed by atoms with Crippen molar-refractivity contribution in [3.63, 3.8) is 0 Å². The van der Waals surface area contributed by atoms with Gasteiger partial charge < -0.3 is 0 Å². The van der Waals surface area contributed by atoms with Crippen molar-refractivity contribution in [1.29, 1.82) is 0 Å². The van der Waals surface area contributed by atoms with E-state index in [-0.39, 0.29) is 0 Å². The molecule has 4 saturated carbocycles. The maximum Gasteiger partial charge on any atom is -0.0286 e. The fourth-order valence-corrected chi connectivity index (χ4v) is 6.32. The quantitative estimate of drug-likeness (QED) is 0.377. The normalized spacial score (nSPS) is 43.5. The Balaban J connectivity index is 1.18. The van der Waals surface area contributed by atoms with E-state index in [0.29, 0.717) is 0 Å². The van der Waals surface area contributed by atoms with Gasteiger partial charge in [-0.2, -0.15) is 0 Å². The second kappa shape index (κ2) is 5.50. The van der Waals surface area contributed by atoms with Crippen LogP contribution in [0.2, 0.25) is 0 Å². The van der Waals surface area contributed by atoms with Crippen LogP contribution < -0.4 is 0 Å². The first-order chi connectivity index (χ1) is 9.90. The molecule has 112 valence electrons. The van der Waals surface area contributed by atoms with Gasteiger partial charge in [-0.3, -0.25) is 0 Å². The molecule has 0 aromatic rings. The van der Waals surface area contributed by atoms with Crippen molar-refractivity contribution < 1.29 is 0 Å². The van der Waals surface area contributed by atoms with Crippen LogP contribution in [-0.4, -0.2) is 0 Å². The summed E-state index contributed by atoms with van der Waals surface area (Å²) in [5.74, 6) is 7.08. The Hall–Kier alpha value is -0.260. The first-order valence-corrected chi connectivity index (χ1v) is 9.58. The van der Waals surface area contributed by atoms with Gasteiger partial charge in [0, 0.05) is 0 Å². The predicted octanol–water partition coefficient (Wildman–Crippen LogP) is 5.98. The lowest BCUT2D eigenvalue weighted by Crippen LogP contribution is -2.09. The van der Waals surface area contributed by atoms with Crippen LogP contribution in [0.4, 0.5) is 0 Å². The van der Waals surface area contributed by atoms with Crippen molar-refractivity contribution >= 4 is 0 Å². The van der Waals surface area contributed by atoms with Crippen molar-refractivity contribution in [2.75, 3.05) is 0 Å². The highest BCUT2D eigenvalue weighted by atomic mass is 14.8. The molecule has 0 amide bonds. The minimum atomic E-state index is 1.14. The Bertz CT molecular complexity index is 379. The number of rotatable bonds is 8. The van der Waals surface area contributed by atoms with Crippen LogP contribution in [-0.2, 0) is 0 Å². The molecule has 5 aliphatic rings. The average Bonchev–Trinajstić information content (AvgIpc) is 2.75. The molecular weight excluding hydrogens is 240 g/mol.